The van der Waals surface area contributed by atoms with Crippen LogP contribution in [-0.4, -0.2) is 19.8 Å². The first kappa shape index (κ1) is 13.7. The van der Waals surface area contributed by atoms with E-state index in [4.69, 9.17) is 9.47 Å². The minimum atomic E-state index is 0.649. The molecule has 0 unspecified atom stereocenters. The maximum absolute atomic E-state index is 5.72. The van der Waals surface area contributed by atoms with Gasteiger partial charge in [-0.2, -0.15) is 0 Å². The third-order valence-corrected chi connectivity index (χ3v) is 4.77. The molecule has 0 bridgehead atoms. The van der Waals surface area contributed by atoms with Crippen LogP contribution in [0.25, 0.3) is 10.1 Å². The van der Waals surface area contributed by atoms with Crippen LogP contribution in [-0.2, 0) is 13.0 Å². The highest BCUT2D eigenvalue weighted by atomic mass is 32.1. The Kier molecular flexibility index (Phi) is 4.13. The van der Waals surface area contributed by atoms with Crippen molar-refractivity contribution in [2.75, 3.05) is 19.8 Å². The van der Waals surface area contributed by atoms with E-state index >= 15 is 0 Å². The molecule has 1 aromatic carbocycles. The van der Waals surface area contributed by atoms with Crippen LogP contribution in [0.2, 0.25) is 0 Å². The Bertz CT molecular complexity index is 606. The molecular formula is C16H21NO2S. The Morgan fingerprint density at radius 3 is 2.60 bits per heavy atom. The zero-order valence-electron chi connectivity index (χ0n) is 12.1. The summed E-state index contributed by atoms with van der Waals surface area (Å²) in [7, 11) is 0. The number of rotatable bonds is 5. The summed E-state index contributed by atoms with van der Waals surface area (Å²) in [6, 6.07) is 4.31. The lowest BCUT2D eigenvalue weighted by molar-refractivity contribution is 0.172. The van der Waals surface area contributed by atoms with Gasteiger partial charge in [0.05, 0.1) is 0 Å². The lowest BCUT2D eigenvalue weighted by atomic mass is 10.1. The van der Waals surface area contributed by atoms with E-state index in [9.17, 15) is 0 Å². The Hall–Kier alpha value is -1.26. The van der Waals surface area contributed by atoms with E-state index in [2.05, 4.69) is 31.3 Å². The molecule has 1 N–H and O–H groups in total. The summed E-state index contributed by atoms with van der Waals surface area (Å²) in [6.07, 6.45) is 2.29. The Balaban J connectivity index is 2.07. The molecular weight excluding hydrogens is 270 g/mol. The maximum atomic E-state index is 5.72. The van der Waals surface area contributed by atoms with Gasteiger partial charge in [0.1, 0.15) is 13.2 Å². The van der Waals surface area contributed by atoms with Gasteiger partial charge >= 0.3 is 0 Å². The molecule has 3 nitrogen and oxygen atoms in total. The first-order valence-electron chi connectivity index (χ1n) is 7.38. The van der Waals surface area contributed by atoms with Crippen LogP contribution in [0.1, 0.15) is 30.7 Å². The second-order valence-corrected chi connectivity index (χ2v) is 6.16. The van der Waals surface area contributed by atoms with Crippen LogP contribution in [0.4, 0.5) is 0 Å². The standard InChI is InChI=1S/C16H21NO2S/c1-3-5-11-12-8-13-14(19-7-6-18-13)9-15(12)20-16(11)10-17-4-2/h8-9,17H,3-7,10H2,1-2H3. The van der Waals surface area contributed by atoms with Crippen molar-refractivity contribution in [3.63, 3.8) is 0 Å². The molecule has 20 heavy (non-hydrogen) atoms. The van der Waals surface area contributed by atoms with Crippen molar-refractivity contribution in [1.29, 1.82) is 0 Å². The second-order valence-electron chi connectivity index (χ2n) is 5.03. The fraction of sp³-hybridized carbons (Fsp3) is 0.500. The minimum Gasteiger partial charge on any atom is -0.486 e. The summed E-state index contributed by atoms with van der Waals surface area (Å²) < 4.78 is 12.7. The smallest absolute Gasteiger partial charge is 0.162 e. The summed E-state index contributed by atoms with van der Waals surface area (Å²) in [4.78, 5) is 1.45. The summed E-state index contributed by atoms with van der Waals surface area (Å²) in [5.41, 5.74) is 1.48. The molecule has 0 atom stereocenters. The lowest BCUT2D eigenvalue weighted by Gasteiger charge is -2.18. The average Bonchev–Trinajstić information content (AvgIpc) is 2.80. The highest BCUT2D eigenvalue weighted by Crippen LogP contribution is 2.41. The molecule has 1 aliphatic rings. The fourth-order valence-corrected chi connectivity index (χ4v) is 3.87. The van der Waals surface area contributed by atoms with Gasteiger partial charge in [0.2, 0.25) is 0 Å². The Morgan fingerprint density at radius 1 is 1.15 bits per heavy atom. The van der Waals surface area contributed by atoms with Gasteiger partial charge in [-0.3, -0.25) is 0 Å². The molecule has 4 heteroatoms. The number of benzene rings is 1. The number of nitrogens with one attached hydrogen (secondary N) is 1. The predicted octanol–water partition coefficient (Wildman–Crippen LogP) is 3.73. The zero-order chi connectivity index (χ0) is 13.9. The molecule has 0 saturated heterocycles. The van der Waals surface area contributed by atoms with Crippen LogP contribution in [0, 0.1) is 0 Å². The lowest BCUT2D eigenvalue weighted by Crippen LogP contribution is -2.15. The van der Waals surface area contributed by atoms with E-state index in [1.807, 2.05) is 11.3 Å². The molecule has 2 heterocycles. The second kappa shape index (κ2) is 6.02. The quantitative estimate of drug-likeness (QED) is 0.910. The molecule has 2 aromatic rings. The van der Waals surface area contributed by atoms with Crippen LogP contribution in [0.3, 0.4) is 0 Å². The van der Waals surface area contributed by atoms with Gasteiger partial charge in [0, 0.05) is 22.2 Å². The molecule has 0 saturated carbocycles. The van der Waals surface area contributed by atoms with Gasteiger partial charge in [0.25, 0.3) is 0 Å². The van der Waals surface area contributed by atoms with Crippen LogP contribution < -0.4 is 14.8 Å². The van der Waals surface area contributed by atoms with Crippen LogP contribution in [0.15, 0.2) is 12.1 Å². The predicted molar refractivity (Wildman–Crippen MR) is 84.2 cm³/mol. The van der Waals surface area contributed by atoms with Gasteiger partial charge in [-0.15, -0.1) is 11.3 Å². The summed E-state index contributed by atoms with van der Waals surface area (Å²) >= 11 is 1.88. The highest BCUT2D eigenvalue weighted by Gasteiger charge is 2.17. The molecule has 0 spiro atoms. The number of thiophene rings is 1. The van der Waals surface area contributed by atoms with E-state index in [-0.39, 0.29) is 0 Å². The molecule has 0 fully saturated rings. The number of hydrogen-bond acceptors (Lipinski definition) is 4. The van der Waals surface area contributed by atoms with E-state index < -0.39 is 0 Å². The van der Waals surface area contributed by atoms with E-state index in [1.54, 1.807) is 0 Å². The highest BCUT2D eigenvalue weighted by molar-refractivity contribution is 7.19. The molecule has 1 aliphatic heterocycles. The largest absolute Gasteiger partial charge is 0.486 e. The summed E-state index contributed by atoms with van der Waals surface area (Å²) in [6.45, 7) is 7.64. The van der Waals surface area contributed by atoms with Gasteiger partial charge in [0.15, 0.2) is 11.5 Å². The van der Waals surface area contributed by atoms with Gasteiger partial charge in [-0.1, -0.05) is 20.3 Å². The van der Waals surface area contributed by atoms with Gasteiger partial charge in [-0.25, -0.2) is 0 Å². The molecule has 3 rings (SSSR count). The van der Waals surface area contributed by atoms with Crippen molar-refractivity contribution in [1.82, 2.24) is 5.32 Å². The molecule has 1 aromatic heterocycles. The molecule has 0 aliphatic carbocycles. The zero-order valence-corrected chi connectivity index (χ0v) is 12.9. The SMILES string of the molecule is CCCc1c(CNCC)sc2cc3c(cc12)OCCO3. The van der Waals surface area contributed by atoms with Crippen molar-refractivity contribution in [2.24, 2.45) is 0 Å². The average molecular weight is 291 g/mol. The summed E-state index contributed by atoms with van der Waals surface area (Å²) in [5, 5.41) is 4.78. The first-order valence-corrected chi connectivity index (χ1v) is 8.19. The molecule has 0 amide bonds. The van der Waals surface area contributed by atoms with Gasteiger partial charge < -0.3 is 14.8 Å². The molecule has 108 valence electrons. The fourth-order valence-electron chi connectivity index (χ4n) is 2.64. The van der Waals surface area contributed by atoms with Gasteiger partial charge in [-0.05, 0) is 30.0 Å². The monoisotopic (exact) mass is 291 g/mol. The Labute approximate surface area is 123 Å². The maximum Gasteiger partial charge on any atom is 0.162 e. The van der Waals surface area contributed by atoms with E-state index in [0.29, 0.717) is 13.2 Å². The van der Waals surface area contributed by atoms with Crippen molar-refractivity contribution in [2.45, 2.75) is 33.2 Å². The van der Waals surface area contributed by atoms with E-state index in [0.717, 1.165) is 31.0 Å². The molecule has 0 radical (unpaired) electrons. The normalized spacial score (nSPS) is 13.9. The number of ether oxygens (including phenoxy) is 2. The minimum absolute atomic E-state index is 0.649. The third-order valence-electron chi connectivity index (χ3n) is 3.57. The van der Waals surface area contributed by atoms with Crippen molar-refractivity contribution in [3.8, 4) is 11.5 Å². The van der Waals surface area contributed by atoms with Crippen molar-refractivity contribution < 1.29 is 9.47 Å². The number of hydrogen-bond donors (Lipinski definition) is 1. The topological polar surface area (TPSA) is 30.5 Å². The van der Waals surface area contributed by atoms with Crippen molar-refractivity contribution >= 4 is 21.4 Å². The Morgan fingerprint density at radius 2 is 1.90 bits per heavy atom. The summed E-state index contributed by atoms with van der Waals surface area (Å²) in [5.74, 6) is 1.79. The number of fused-ring (bicyclic) bond motifs is 2. The first-order chi connectivity index (χ1) is 9.83. The van der Waals surface area contributed by atoms with Crippen molar-refractivity contribution in [3.05, 3.63) is 22.6 Å². The van der Waals surface area contributed by atoms with Crippen LogP contribution >= 0.6 is 11.3 Å². The third kappa shape index (κ3) is 2.50. The number of aryl methyl sites for hydroxylation is 1. The van der Waals surface area contributed by atoms with E-state index in [1.165, 1.54) is 26.9 Å². The van der Waals surface area contributed by atoms with Crippen LogP contribution in [0.5, 0.6) is 11.5 Å².